The highest BCUT2D eigenvalue weighted by molar-refractivity contribution is 5.87. The summed E-state index contributed by atoms with van der Waals surface area (Å²) in [5.74, 6) is 3.63. The number of hydrogen-bond donors (Lipinski definition) is 2. The Morgan fingerprint density at radius 3 is 1.37 bits per heavy atom. The van der Waals surface area contributed by atoms with Crippen molar-refractivity contribution in [2.45, 2.75) is 170 Å². The first-order valence-electron chi connectivity index (χ1n) is 29.8. The fourth-order valence-corrected chi connectivity index (χ4v) is 12.0. The van der Waals surface area contributed by atoms with E-state index in [0.717, 1.165) is 86.2 Å². The van der Waals surface area contributed by atoms with Crippen LogP contribution in [0.25, 0.3) is 0 Å². The molecule has 0 saturated carbocycles. The normalized spacial score (nSPS) is 16.1. The number of anilines is 2. The third-order valence-corrected chi connectivity index (χ3v) is 15.9. The second kappa shape index (κ2) is 29.9. The maximum Gasteiger partial charge on any atom is 0.242 e. The first-order chi connectivity index (χ1) is 37.6. The van der Waals surface area contributed by atoms with Gasteiger partial charge in [-0.25, -0.2) is 0 Å². The number of piperidine rings is 2. The minimum Gasteiger partial charge on any atom is -0.489 e. The molecule has 2 amide bonds. The number of likely N-dealkylation sites (tertiary alicyclic amines) is 2. The Morgan fingerprint density at radius 1 is 0.538 bits per heavy atom. The van der Waals surface area contributed by atoms with Gasteiger partial charge in [0.2, 0.25) is 11.8 Å². The molecule has 10 nitrogen and oxygen atoms in total. The molecule has 0 spiro atoms. The molecule has 2 fully saturated rings. The van der Waals surface area contributed by atoms with E-state index < -0.39 is 5.54 Å². The van der Waals surface area contributed by atoms with Crippen molar-refractivity contribution >= 4 is 23.2 Å². The number of amides is 2. The van der Waals surface area contributed by atoms with Crippen LogP contribution in [0.1, 0.15) is 137 Å². The van der Waals surface area contributed by atoms with Crippen LogP contribution in [0.3, 0.4) is 0 Å². The van der Waals surface area contributed by atoms with Gasteiger partial charge in [0.05, 0.1) is 11.6 Å². The standard InChI is InChI=1S/C68H96N6O4/c1-51(2)33-43-73(59-25-29-63(30-26-59)77-49-57-21-15-11-16-22-57)61-35-39-71(40-36-61)66(75)65(69-48-56-19-13-10-14-20-56)45-55(9)47-68(46-53(5)6,70-54(7)8)67(76)72-41-37-62(38-42-72)74(44-34-52(3)4)60-27-31-64(32-28-60)78-50-58-23-17-12-18-24-58/h10-32,51-55,61-62,65,69-70H,33-50H2,1-9H3. The van der Waals surface area contributed by atoms with Crippen LogP contribution in [0.5, 0.6) is 11.5 Å². The molecule has 2 N–H and O–H groups in total. The van der Waals surface area contributed by atoms with E-state index in [9.17, 15) is 0 Å². The Hall–Kier alpha value is -5.84. The van der Waals surface area contributed by atoms with Gasteiger partial charge in [0.1, 0.15) is 24.7 Å². The molecule has 0 bridgehead atoms. The number of nitrogens with one attached hydrogen (secondary N) is 2. The van der Waals surface area contributed by atoms with Crippen LogP contribution in [-0.4, -0.2) is 90.6 Å². The number of hydrogen-bond acceptors (Lipinski definition) is 8. The average molecular weight is 1060 g/mol. The van der Waals surface area contributed by atoms with Gasteiger partial charge in [-0.2, -0.15) is 0 Å². The molecule has 5 aromatic rings. The molecule has 0 aliphatic carbocycles. The molecule has 10 heteroatoms. The van der Waals surface area contributed by atoms with E-state index in [0.29, 0.717) is 82.7 Å². The molecule has 3 atom stereocenters. The maximum atomic E-state index is 15.5. The van der Waals surface area contributed by atoms with Crippen LogP contribution in [0.15, 0.2) is 140 Å². The zero-order valence-corrected chi connectivity index (χ0v) is 49.0. The predicted molar refractivity (Wildman–Crippen MR) is 323 cm³/mol. The van der Waals surface area contributed by atoms with Crippen molar-refractivity contribution in [2.75, 3.05) is 49.1 Å². The van der Waals surface area contributed by atoms with Crippen molar-refractivity contribution in [1.82, 2.24) is 20.4 Å². The summed E-state index contributed by atoms with van der Waals surface area (Å²) in [5, 5.41) is 7.68. The number of ether oxygens (including phenoxy) is 2. The fourth-order valence-electron chi connectivity index (χ4n) is 12.0. The summed E-state index contributed by atoms with van der Waals surface area (Å²) in [6, 6.07) is 48.6. The van der Waals surface area contributed by atoms with Crippen molar-refractivity contribution in [3.8, 4) is 11.5 Å². The van der Waals surface area contributed by atoms with Crippen molar-refractivity contribution < 1.29 is 19.1 Å². The lowest BCUT2D eigenvalue weighted by Crippen LogP contribution is -2.63. The second-order valence-corrected chi connectivity index (χ2v) is 24.3. The van der Waals surface area contributed by atoms with Crippen LogP contribution in [0.4, 0.5) is 11.4 Å². The molecule has 78 heavy (non-hydrogen) atoms. The van der Waals surface area contributed by atoms with Crippen molar-refractivity contribution in [1.29, 1.82) is 0 Å². The van der Waals surface area contributed by atoms with Gasteiger partial charge < -0.3 is 39.7 Å². The first-order valence-corrected chi connectivity index (χ1v) is 29.8. The molecule has 5 aromatic carbocycles. The molecular formula is C68H96N6O4. The highest BCUT2D eigenvalue weighted by Crippen LogP contribution is 2.34. The molecular weight excluding hydrogens is 965 g/mol. The highest BCUT2D eigenvalue weighted by Gasteiger charge is 2.45. The monoisotopic (exact) mass is 1060 g/mol. The number of rotatable bonds is 29. The molecule has 2 heterocycles. The first kappa shape index (κ1) is 59.8. The molecule has 3 unspecified atom stereocenters. The predicted octanol–water partition coefficient (Wildman–Crippen LogP) is 13.6. The van der Waals surface area contributed by atoms with Gasteiger partial charge in [0.15, 0.2) is 0 Å². The SMILES string of the molecule is CC(C)CCN(c1ccc(OCc2ccccc2)cc1)C1CCN(C(=O)C(CC(C)CC(CC(C)C)(NC(C)C)C(=O)N2CCC(N(CCC(C)C)c3ccc(OCc4ccccc4)cc3)CC2)NCc2ccccc2)CC1. The van der Waals surface area contributed by atoms with Crippen molar-refractivity contribution in [3.63, 3.8) is 0 Å². The molecule has 0 radical (unpaired) electrons. The Labute approximate surface area is 470 Å². The highest BCUT2D eigenvalue weighted by atomic mass is 16.5. The van der Waals surface area contributed by atoms with Crippen LogP contribution < -0.4 is 29.9 Å². The van der Waals surface area contributed by atoms with E-state index in [4.69, 9.17) is 9.47 Å². The van der Waals surface area contributed by atoms with Gasteiger partial charge in [-0.05, 0) is 161 Å². The Bertz CT molecular complexity index is 2480. The van der Waals surface area contributed by atoms with E-state index in [1.165, 1.54) is 11.4 Å². The molecule has 7 rings (SSSR count). The molecule has 422 valence electrons. The summed E-state index contributed by atoms with van der Waals surface area (Å²) in [7, 11) is 0. The summed E-state index contributed by atoms with van der Waals surface area (Å²) in [5.41, 5.74) is 5.11. The van der Waals surface area contributed by atoms with Crippen molar-refractivity contribution in [2.24, 2.45) is 23.7 Å². The van der Waals surface area contributed by atoms with Gasteiger partial charge in [-0.15, -0.1) is 0 Å². The number of carbonyl (C=O) groups is 2. The largest absolute Gasteiger partial charge is 0.489 e. The van der Waals surface area contributed by atoms with Crippen LogP contribution in [0.2, 0.25) is 0 Å². The lowest BCUT2D eigenvalue weighted by atomic mass is 9.77. The lowest BCUT2D eigenvalue weighted by molar-refractivity contribution is -0.141. The van der Waals surface area contributed by atoms with E-state index in [1.54, 1.807) is 0 Å². The lowest BCUT2D eigenvalue weighted by Gasteiger charge is -2.46. The van der Waals surface area contributed by atoms with Gasteiger partial charge in [-0.1, -0.05) is 139 Å². The number of nitrogens with zero attached hydrogens (tertiary/aromatic N) is 4. The second-order valence-electron chi connectivity index (χ2n) is 24.3. The van der Waals surface area contributed by atoms with E-state index in [-0.39, 0.29) is 35.7 Å². The van der Waals surface area contributed by atoms with Gasteiger partial charge >= 0.3 is 0 Å². The van der Waals surface area contributed by atoms with Gasteiger partial charge in [0, 0.05) is 75.3 Å². The number of carbonyl (C=O) groups excluding carboxylic acids is 2. The summed E-state index contributed by atoms with van der Waals surface area (Å²) in [6.45, 7) is 26.7. The molecule has 2 aliphatic rings. The zero-order chi connectivity index (χ0) is 55.4. The molecule has 2 aliphatic heterocycles. The van der Waals surface area contributed by atoms with Gasteiger partial charge in [0.25, 0.3) is 0 Å². The van der Waals surface area contributed by atoms with E-state index >= 15 is 9.59 Å². The summed E-state index contributed by atoms with van der Waals surface area (Å²) in [4.78, 5) is 40.0. The van der Waals surface area contributed by atoms with Gasteiger partial charge in [-0.3, -0.25) is 9.59 Å². The fraction of sp³-hybridized carbons (Fsp3) is 0.529. The molecule has 0 aromatic heterocycles. The third-order valence-electron chi connectivity index (χ3n) is 15.9. The summed E-state index contributed by atoms with van der Waals surface area (Å²) in [6.07, 6.45) is 7.85. The molecule has 2 saturated heterocycles. The van der Waals surface area contributed by atoms with E-state index in [1.807, 2.05) is 42.5 Å². The summed E-state index contributed by atoms with van der Waals surface area (Å²) >= 11 is 0. The number of benzene rings is 5. The quantitative estimate of drug-likeness (QED) is 0.0490. The maximum absolute atomic E-state index is 15.5. The van der Waals surface area contributed by atoms with Crippen molar-refractivity contribution in [3.05, 3.63) is 156 Å². The summed E-state index contributed by atoms with van der Waals surface area (Å²) < 4.78 is 12.3. The Kier molecular flexibility index (Phi) is 23.0. The topological polar surface area (TPSA) is 89.6 Å². The Morgan fingerprint density at radius 2 is 0.962 bits per heavy atom. The third kappa shape index (κ3) is 18.1. The Balaban J connectivity index is 1.02. The minimum atomic E-state index is -0.765. The van der Waals surface area contributed by atoms with Crippen LogP contribution in [-0.2, 0) is 29.3 Å². The van der Waals surface area contributed by atoms with Crippen LogP contribution >= 0.6 is 0 Å². The van der Waals surface area contributed by atoms with E-state index in [2.05, 4.69) is 190 Å². The minimum absolute atomic E-state index is 0.0728. The van der Waals surface area contributed by atoms with Crippen LogP contribution in [0, 0.1) is 23.7 Å². The zero-order valence-electron chi connectivity index (χ0n) is 49.0. The smallest absolute Gasteiger partial charge is 0.242 e. The average Bonchev–Trinajstić information content (AvgIpc) is 3.45.